The van der Waals surface area contributed by atoms with Gasteiger partial charge in [0, 0.05) is 29.9 Å². The zero-order chi connectivity index (χ0) is 33.8. The summed E-state index contributed by atoms with van der Waals surface area (Å²) in [6.07, 6.45) is 8.87. The van der Waals surface area contributed by atoms with Crippen molar-refractivity contribution in [3.63, 3.8) is 0 Å². The maximum absolute atomic E-state index is 11.2. The second kappa shape index (κ2) is 12.7. The molecule has 2 saturated carbocycles. The number of aliphatic hydroxyl groups excluding tert-OH is 1. The number of hydrogen-bond acceptors (Lipinski definition) is 8. The predicted molar refractivity (Wildman–Crippen MR) is 186 cm³/mol. The van der Waals surface area contributed by atoms with Gasteiger partial charge in [0.05, 0.1) is 25.5 Å². The topological polar surface area (TPSA) is 105 Å². The van der Waals surface area contributed by atoms with E-state index in [4.69, 9.17) is 9.57 Å². The molecule has 1 aromatic heterocycles. The van der Waals surface area contributed by atoms with Crippen LogP contribution in [0.4, 0.5) is 0 Å². The molecule has 260 valence electrons. The maximum atomic E-state index is 11.2. The second-order valence-electron chi connectivity index (χ2n) is 16.6. The zero-order valence-electron chi connectivity index (χ0n) is 29.7. The molecular formula is C39H55N5O4. The number of phenolic OH excluding ortho intramolecular Hbond substituents is 1. The van der Waals surface area contributed by atoms with Gasteiger partial charge in [0.1, 0.15) is 18.1 Å². The molecule has 48 heavy (non-hydrogen) atoms. The van der Waals surface area contributed by atoms with Crippen molar-refractivity contribution in [2.45, 2.75) is 128 Å². The van der Waals surface area contributed by atoms with Crippen molar-refractivity contribution in [1.82, 2.24) is 25.4 Å². The average Bonchev–Trinajstić information content (AvgIpc) is 3.61. The van der Waals surface area contributed by atoms with Gasteiger partial charge in [-0.3, -0.25) is 0 Å². The van der Waals surface area contributed by atoms with Gasteiger partial charge >= 0.3 is 0 Å². The number of hydroxylamine groups is 2. The highest BCUT2D eigenvalue weighted by molar-refractivity contribution is 5.44. The van der Waals surface area contributed by atoms with Crippen molar-refractivity contribution in [3.05, 3.63) is 71.0 Å². The molecule has 3 N–H and O–H groups in total. The Morgan fingerprint density at radius 3 is 2.44 bits per heavy atom. The molecule has 3 aliphatic carbocycles. The molecular weight excluding hydrogens is 602 g/mol. The number of nitrogens with zero attached hydrogens (tertiary/aromatic N) is 4. The number of phenols is 1. The molecule has 0 amide bonds. The molecule has 2 heterocycles. The van der Waals surface area contributed by atoms with Crippen molar-refractivity contribution in [2.75, 3.05) is 13.7 Å². The predicted octanol–water partition coefficient (Wildman–Crippen LogP) is 6.35. The Morgan fingerprint density at radius 2 is 1.71 bits per heavy atom. The number of piperidine rings is 1. The van der Waals surface area contributed by atoms with Crippen LogP contribution in [0.5, 0.6) is 11.5 Å². The SMILES string of the molecule is CON1C(C)(C)CC(NCc2cn(CCOc3ccc([C@H]4C[C@@]5(C)C(CC[C@@H]5O)C5CCc6cc(O)ccc6C54)cc3)nn2)CC1(C)C. The number of ether oxygens (including phenoxy) is 1. The lowest BCUT2D eigenvalue weighted by atomic mass is 9.51. The first kappa shape index (κ1) is 33.5. The van der Waals surface area contributed by atoms with Crippen molar-refractivity contribution >= 4 is 0 Å². The van der Waals surface area contributed by atoms with Gasteiger partial charge in [-0.1, -0.05) is 30.3 Å². The van der Waals surface area contributed by atoms with Crippen molar-refractivity contribution in [3.8, 4) is 11.5 Å². The second-order valence-corrected chi connectivity index (χ2v) is 16.6. The summed E-state index contributed by atoms with van der Waals surface area (Å²) in [5.74, 6) is 3.00. The third-order valence-corrected chi connectivity index (χ3v) is 12.5. The highest BCUT2D eigenvalue weighted by Gasteiger charge is 2.57. The van der Waals surface area contributed by atoms with Crippen LogP contribution < -0.4 is 10.1 Å². The molecule has 9 heteroatoms. The van der Waals surface area contributed by atoms with Gasteiger partial charge in [-0.25, -0.2) is 4.68 Å². The minimum Gasteiger partial charge on any atom is -0.508 e. The first-order chi connectivity index (χ1) is 22.9. The fraction of sp³-hybridized carbons (Fsp3) is 0.641. The van der Waals surface area contributed by atoms with Crippen LogP contribution in [0.1, 0.15) is 107 Å². The number of aromatic hydroxyl groups is 1. The Labute approximate surface area is 286 Å². The fourth-order valence-electron chi connectivity index (χ4n) is 10.7. The van der Waals surface area contributed by atoms with Crippen LogP contribution in [0.15, 0.2) is 48.7 Å². The smallest absolute Gasteiger partial charge is 0.119 e. The Balaban J connectivity index is 0.968. The summed E-state index contributed by atoms with van der Waals surface area (Å²) in [7, 11) is 1.76. The van der Waals surface area contributed by atoms with E-state index in [1.54, 1.807) is 7.11 Å². The van der Waals surface area contributed by atoms with Crippen LogP contribution in [-0.2, 0) is 24.3 Å². The summed E-state index contributed by atoms with van der Waals surface area (Å²) in [6, 6.07) is 15.0. The van der Waals surface area contributed by atoms with Gasteiger partial charge in [-0.2, -0.15) is 5.06 Å². The average molecular weight is 658 g/mol. The Morgan fingerprint density at radius 1 is 0.958 bits per heavy atom. The number of fused-ring (bicyclic) bond motifs is 5. The summed E-state index contributed by atoms with van der Waals surface area (Å²) >= 11 is 0. The molecule has 7 rings (SSSR count). The van der Waals surface area contributed by atoms with Crippen LogP contribution in [0.25, 0.3) is 0 Å². The van der Waals surface area contributed by atoms with Crippen LogP contribution in [0.2, 0.25) is 0 Å². The van der Waals surface area contributed by atoms with Crippen LogP contribution in [0, 0.1) is 17.3 Å². The highest BCUT2D eigenvalue weighted by atomic mass is 16.7. The summed E-state index contributed by atoms with van der Waals surface area (Å²) < 4.78 is 8.04. The molecule has 0 radical (unpaired) electrons. The van der Waals surface area contributed by atoms with Crippen molar-refractivity contribution in [2.24, 2.45) is 17.3 Å². The maximum Gasteiger partial charge on any atom is 0.119 e. The lowest BCUT2D eigenvalue weighted by molar-refractivity contribution is -0.267. The van der Waals surface area contributed by atoms with E-state index in [0.29, 0.717) is 55.2 Å². The van der Waals surface area contributed by atoms with E-state index in [-0.39, 0.29) is 22.6 Å². The number of nitrogens with one attached hydrogen (secondary N) is 1. The monoisotopic (exact) mass is 657 g/mol. The molecule has 2 aromatic carbocycles. The molecule has 0 bridgehead atoms. The molecule has 1 saturated heterocycles. The van der Waals surface area contributed by atoms with Gasteiger partial charge in [0.25, 0.3) is 0 Å². The Kier molecular flexibility index (Phi) is 8.88. The van der Waals surface area contributed by atoms with E-state index in [9.17, 15) is 10.2 Å². The van der Waals surface area contributed by atoms with Gasteiger partial charge < -0.3 is 25.1 Å². The number of aryl methyl sites for hydroxylation is 1. The fourth-order valence-corrected chi connectivity index (χ4v) is 10.7. The van der Waals surface area contributed by atoms with E-state index in [0.717, 1.165) is 56.4 Å². The summed E-state index contributed by atoms with van der Waals surface area (Å²) in [5.41, 5.74) is 4.73. The molecule has 1 aliphatic heterocycles. The van der Waals surface area contributed by atoms with Crippen LogP contribution >= 0.6 is 0 Å². The lowest BCUT2D eigenvalue weighted by Gasteiger charge is -2.54. The molecule has 3 fully saturated rings. The first-order valence-electron chi connectivity index (χ1n) is 18.1. The van der Waals surface area contributed by atoms with E-state index >= 15 is 0 Å². The normalized spacial score (nSPS) is 31.2. The van der Waals surface area contributed by atoms with Gasteiger partial charge in [0.15, 0.2) is 0 Å². The molecule has 3 aromatic rings. The van der Waals surface area contributed by atoms with Gasteiger partial charge in [-0.15, -0.1) is 5.10 Å². The van der Waals surface area contributed by atoms with Gasteiger partial charge in [-0.05, 0) is 143 Å². The van der Waals surface area contributed by atoms with Crippen molar-refractivity contribution in [1.29, 1.82) is 0 Å². The number of aliphatic hydroxyl groups is 1. The van der Waals surface area contributed by atoms with Crippen molar-refractivity contribution < 1.29 is 19.8 Å². The minimum atomic E-state index is -0.240. The molecule has 9 nitrogen and oxygen atoms in total. The number of benzene rings is 2. The molecule has 0 spiro atoms. The number of hydrogen-bond donors (Lipinski definition) is 3. The largest absolute Gasteiger partial charge is 0.508 e. The highest BCUT2D eigenvalue weighted by Crippen LogP contribution is 2.65. The summed E-state index contributed by atoms with van der Waals surface area (Å²) in [6.45, 7) is 13.1. The van der Waals surface area contributed by atoms with Crippen LogP contribution in [-0.4, -0.2) is 67.2 Å². The van der Waals surface area contributed by atoms with E-state index < -0.39 is 0 Å². The lowest BCUT2D eigenvalue weighted by Crippen LogP contribution is -2.63. The molecule has 4 aliphatic rings. The summed E-state index contributed by atoms with van der Waals surface area (Å²) in [4.78, 5) is 5.75. The third-order valence-electron chi connectivity index (χ3n) is 12.5. The quantitative estimate of drug-likeness (QED) is 0.245. The Bertz CT molecular complexity index is 1570. The molecule has 6 atom stereocenters. The number of rotatable bonds is 9. The van der Waals surface area contributed by atoms with Gasteiger partial charge in [0.2, 0.25) is 0 Å². The molecule has 3 unspecified atom stereocenters. The Hall–Kier alpha value is -2.98. The minimum absolute atomic E-state index is 0.0591. The number of aromatic nitrogens is 3. The van der Waals surface area contributed by atoms with E-state index in [1.165, 1.54) is 16.7 Å². The zero-order valence-corrected chi connectivity index (χ0v) is 29.7. The summed E-state index contributed by atoms with van der Waals surface area (Å²) in [5, 5.41) is 36.0. The standard InChI is InChI=1S/C39H55N5O4/c1-37(2)20-27(21-38(3,4)44(37)47-6)40-23-28-24-43(42-41-28)17-18-48-30-11-7-25(8-12-30)33-22-39(5)34(15-16-35(39)46)32-13-9-26-19-29(45)10-14-31(26)36(32)33/h7-8,10-12,14,19,24,27,32-36,40,45-46H,9,13,15-18,20-23H2,1-6H3/t32?,33-,34?,35+,36?,39+/m1/s1. The third kappa shape index (κ3) is 6.16. The van der Waals surface area contributed by atoms with Crippen LogP contribution in [0.3, 0.4) is 0 Å². The van der Waals surface area contributed by atoms with E-state index in [2.05, 4.69) is 85.6 Å². The first-order valence-corrected chi connectivity index (χ1v) is 18.1. The van der Waals surface area contributed by atoms with E-state index in [1.807, 2.05) is 23.0 Å².